The van der Waals surface area contributed by atoms with Crippen LogP contribution in [0.15, 0.2) is 21.3 Å². The number of aromatic nitrogens is 5. The van der Waals surface area contributed by atoms with E-state index in [1.807, 2.05) is 13.8 Å². The zero-order valence-electron chi connectivity index (χ0n) is 10.1. The Kier molecular flexibility index (Phi) is 4.01. The van der Waals surface area contributed by atoms with Gasteiger partial charge in [-0.05, 0) is 25.6 Å². The molecule has 0 aliphatic rings. The first-order valence-corrected chi connectivity index (χ1v) is 6.54. The molecule has 0 saturated heterocycles. The van der Waals surface area contributed by atoms with Gasteiger partial charge in [0.15, 0.2) is 11.4 Å². The van der Waals surface area contributed by atoms with Crippen LogP contribution in [0.1, 0.15) is 30.2 Å². The zero-order chi connectivity index (χ0) is 14.0. The number of nitrogens with zero attached hydrogens (tertiary/aromatic N) is 4. The van der Waals surface area contributed by atoms with Crippen molar-refractivity contribution in [2.24, 2.45) is 0 Å². The molecule has 0 fully saturated rings. The lowest BCUT2D eigenvalue weighted by molar-refractivity contribution is 0.112. The Bertz CT molecular complexity index is 666. The van der Waals surface area contributed by atoms with Gasteiger partial charge in [-0.15, -0.1) is 5.10 Å². The lowest BCUT2D eigenvalue weighted by Gasteiger charge is -2.08. The van der Waals surface area contributed by atoms with Gasteiger partial charge in [0.2, 0.25) is 0 Å². The number of aldehydes is 1. The van der Waals surface area contributed by atoms with E-state index in [1.54, 1.807) is 0 Å². The number of carbonyl (C=O) groups excluding carboxylic acids is 1. The lowest BCUT2D eigenvalue weighted by atomic mass is 10.4. The summed E-state index contributed by atoms with van der Waals surface area (Å²) in [5.74, 6) is 0. The van der Waals surface area contributed by atoms with Crippen LogP contribution >= 0.6 is 23.4 Å². The van der Waals surface area contributed by atoms with Crippen LogP contribution in [0, 0.1) is 0 Å². The molecule has 7 nitrogen and oxygen atoms in total. The second-order valence-corrected chi connectivity index (χ2v) is 5.19. The maximum atomic E-state index is 11.6. The van der Waals surface area contributed by atoms with Crippen molar-refractivity contribution in [1.29, 1.82) is 0 Å². The number of carbonyl (C=O) groups is 1. The Hall–Kier alpha value is -1.67. The largest absolute Gasteiger partial charge is 0.344 e. The van der Waals surface area contributed by atoms with Gasteiger partial charge in [0.05, 0.1) is 5.56 Å². The van der Waals surface area contributed by atoms with E-state index in [1.165, 1.54) is 10.9 Å². The van der Waals surface area contributed by atoms with Crippen molar-refractivity contribution < 1.29 is 4.79 Å². The second-order valence-electron chi connectivity index (χ2n) is 3.88. The maximum absolute atomic E-state index is 11.6. The average Bonchev–Trinajstić information content (AvgIpc) is 2.71. The summed E-state index contributed by atoms with van der Waals surface area (Å²) >= 11 is 6.89. The van der Waals surface area contributed by atoms with Crippen molar-refractivity contribution in [1.82, 2.24) is 24.7 Å². The van der Waals surface area contributed by atoms with Crippen LogP contribution in [0.3, 0.4) is 0 Å². The topological polar surface area (TPSA) is 93.5 Å². The highest BCUT2D eigenvalue weighted by atomic mass is 35.5. The van der Waals surface area contributed by atoms with Crippen LogP contribution in [0.5, 0.6) is 0 Å². The normalized spacial score (nSPS) is 10.9. The Morgan fingerprint density at radius 3 is 2.84 bits per heavy atom. The van der Waals surface area contributed by atoms with Gasteiger partial charge in [-0.3, -0.25) is 9.36 Å². The van der Waals surface area contributed by atoms with E-state index in [0.717, 1.165) is 11.8 Å². The highest BCUT2D eigenvalue weighted by molar-refractivity contribution is 7.99. The minimum absolute atomic E-state index is 0.0641. The number of nitrogens with one attached hydrogen (secondary N) is 1. The van der Waals surface area contributed by atoms with Crippen LogP contribution in [-0.4, -0.2) is 31.0 Å². The average molecular weight is 300 g/mol. The van der Waals surface area contributed by atoms with E-state index in [0.29, 0.717) is 16.5 Å². The SMILES string of the molecule is CC(C)n1c(Sc2ncnc(Cl)c2C=O)n[nH]c1=O. The molecule has 0 saturated carbocycles. The Balaban J connectivity index is 2.45. The molecule has 0 spiro atoms. The molecule has 100 valence electrons. The van der Waals surface area contributed by atoms with Gasteiger partial charge < -0.3 is 0 Å². The van der Waals surface area contributed by atoms with Gasteiger partial charge in [0.1, 0.15) is 16.5 Å². The van der Waals surface area contributed by atoms with Crippen molar-refractivity contribution in [3.8, 4) is 0 Å². The molecule has 9 heteroatoms. The van der Waals surface area contributed by atoms with E-state index < -0.39 is 0 Å². The predicted octanol–water partition coefficient (Wildman–Crippen LogP) is 1.56. The number of aromatic amines is 1. The molecule has 19 heavy (non-hydrogen) atoms. The highest BCUT2D eigenvalue weighted by Gasteiger charge is 2.17. The first-order chi connectivity index (χ1) is 9.04. The highest BCUT2D eigenvalue weighted by Crippen LogP contribution is 2.29. The van der Waals surface area contributed by atoms with Crippen LogP contribution < -0.4 is 5.69 Å². The zero-order valence-corrected chi connectivity index (χ0v) is 11.7. The molecular formula is C10H10ClN5O2S. The van der Waals surface area contributed by atoms with E-state index in [2.05, 4.69) is 20.2 Å². The molecule has 0 unspecified atom stereocenters. The molecule has 0 amide bonds. The lowest BCUT2D eigenvalue weighted by Crippen LogP contribution is -2.19. The van der Waals surface area contributed by atoms with Crippen molar-refractivity contribution in [3.05, 3.63) is 27.5 Å². The summed E-state index contributed by atoms with van der Waals surface area (Å²) in [4.78, 5) is 30.3. The second kappa shape index (κ2) is 5.54. The van der Waals surface area contributed by atoms with Gasteiger partial charge in [-0.2, -0.15) is 0 Å². The smallest absolute Gasteiger partial charge is 0.298 e. The first-order valence-electron chi connectivity index (χ1n) is 5.35. The minimum atomic E-state index is -0.315. The van der Waals surface area contributed by atoms with E-state index in [4.69, 9.17) is 11.6 Å². The fourth-order valence-electron chi connectivity index (χ4n) is 1.44. The molecule has 0 aromatic carbocycles. The van der Waals surface area contributed by atoms with Crippen LogP contribution in [0.25, 0.3) is 0 Å². The van der Waals surface area contributed by atoms with Gasteiger partial charge in [0.25, 0.3) is 0 Å². The number of hydrogen-bond donors (Lipinski definition) is 1. The maximum Gasteiger partial charge on any atom is 0.344 e. The molecule has 2 aromatic heterocycles. The summed E-state index contributed by atoms with van der Waals surface area (Å²) in [5.41, 5.74) is -0.134. The van der Waals surface area contributed by atoms with E-state index >= 15 is 0 Å². The Morgan fingerprint density at radius 1 is 1.47 bits per heavy atom. The minimum Gasteiger partial charge on any atom is -0.298 e. The number of rotatable bonds is 4. The van der Waals surface area contributed by atoms with Crippen molar-refractivity contribution in [3.63, 3.8) is 0 Å². The molecule has 1 N–H and O–H groups in total. The number of hydrogen-bond acceptors (Lipinski definition) is 6. The summed E-state index contributed by atoms with van der Waals surface area (Å²) in [6.07, 6.45) is 1.83. The van der Waals surface area contributed by atoms with Gasteiger partial charge in [-0.1, -0.05) is 11.6 Å². The monoisotopic (exact) mass is 299 g/mol. The van der Waals surface area contributed by atoms with E-state index in [9.17, 15) is 9.59 Å². The summed E-state index contributed by atoms with van der Waals surface area (Å²) in [6, 6.07) is -0.0641. The predicted molar refractivity (Wildman–Crippen MR) is 69.8 cm³/mol. The molecule has 0 atom stereocenters. The third-order valence-electron chi connectivity index (χ3n) is 2.29. The molecule has 0 radical (unpaired) electrons. The third-order valence-corrected chi connectivity index (χ3v) is 3.58. The van der Waals surface area contributed by atoms with Crippen LogP contribution in [0.2, 0.25) is 5.15 Å². The molecule has 2 aromatic rings. The third kappa shape index (κ3) is 2.69. The summed E-state index contributed by atoms with van der Waals surface area (Å²) in [5, 5.41) is 7.11. The quantitative estimate of drug-likeness (QED) is 0.680. The van der Waals surface area contributed by atoms with Gasteiger partial charge in [0, 0.05) is 6.04 Å². The number of H-pyrrole nitrogens is 1. The van der Waals surface area contributed by atoms with Crippen LogP contribution in [0.4, 0.5) is 0 Å². The van der Waals surface area contributed by atoms with Gasteiger partial charge in [-0.25, -0.2) is 19.9 Å². The fourth-order valence-corrected chi connectivity index (χ4v) is 2.69. The van der Waals surface area contributed by atoms with Crippen molar-refractivity contribution in [2.45, 2.75) is 30.1 Å². The standard InChI is InChI=1S/C10H10ClN5O2S/c1-5(2)16-9(18)14-15-10(16)19-8-6(3-17)7(11)12-4-13-8/h3-5H,1-2H3,(H,14,18). The van der Waals surface area contributed by atoms with Crippen molar-refractivity contribution >= 4 is 29.6 Å². The molecular weight excluding hydrogens is 290 g/mol. The molecule has 2 heterocycles. The first kappa shape index (κ1) is 13.8. The van der Waals surface area contributed by atoms with Gasteiger partial charge >= 0.3 is 5.69 Å². The number of halogens is 1. The Morgan fingerprint density at radius 2 is 2.21 bits per heavy atom. The summed E-state index contributed by atoms with van der Waals surface area (Å²) < 4.78 is 1.47. The molecule has 0 bridgehead atoms. The Labute approximate surface area is 117 Å². The fraction of sp³-hybridized carbons (Fsp3) is 0.300. The van der Waals surface area contributed by atoms with Crippen LogP contribution in [-0.2, 0) is 0 Å². The van der Waals surface area contributed by atoms with E-state index in [-0.39, 0.29) is 22.4 Å². The van der Waals surface area contributed by atoms with Crippen molar-refractivity contribution in [2.75, 3.05) is 0 Å². The molecule has 0 aliphatic carbocycles. The summed E-state index contributed by atoms with van der Waals surface area (Å²) in [7, 11) is 0. The molecule has 2 rings (SSSR count). The summed E-state index contributed by atoms with van der Waals surface area (Å²) in [6.45, 7) is 3.71. The molecule has 0 aliphatic heterocycles.